The van der Waals surface area contributed by atoms with Crippen molar-refractivity contribution in [3.05, 3.63) is 120 Å². The second kappa shape index (κ2) is 8.49. The minimum Gasteiger partial charge on any atom is -0.285 e. The topological polar surface area (TPSA) is 12.4 Å². The molecule has 0 spiro atoms. The molecule has 4 aromatic rings. The molecule has 0 N–H and O–H groups in total. The van der Waals surface area contributed by atoms with Gasteiger partial charge in [0.05, 0.1) is 6.54 Å². The predicted molar refractivity (Wildman–Crippen MR) is 120 cm³/mol. The number of hydrogen-bond acceptors (Lipinski definition) is 1. The molecule has 4 rings (SSSR count). The summed E-state index contributed by atoms with van der Waals surface area (Å²) in [7, 11) is 0. The zero-order valence-electron chi connectivity index (χ0n) is 16.0. The molecule has 0 bridgehead atoms. The molecule has 0 saturated carbocycles. The van der Waals surface area contributed by atoms with Crippen LogP contribution in [0.4, 0.5) is 0 Å². The molecule has 0 aliphatic carbocycles. The molecule has 0 saturated heterocycles. The van der Waals surface area contributed by atoms with Gasteiger partial charge >= 0.3 is 0 Å². The van der Waals surface area contributed by atoms with Gasteiger partial charge in [-0.2, -0.15) is 0 Å². The first-order valence-electron chi connectivity index (χ1n) is 9.61. The van der Waals surface area contributed by atoms with Crippen molar-refractivity contribution in [3.63, 3.8) is 0 Å². The molecule has 136 valence electrons. The summed E-state index contributed by atoms with van der Waals surface area (Å²) < 4.78 is 0. The molecule has 0 amide bonds. The lowest BCUT2D eigenvalue weighted by atomic mass is 10.0. The smallest absolute Gasteiger partial charge is 0.0643 e. The molecule has 0 aromatic heterocycles. The number of benzene rings is 4. The fourth-order valence-corrected chi connectivity index (χ4v) is 3.34. The van der Waals surface area contributed by atoms with Crippen LogP contribution in [0.15, 0.2) is 114 Å². The third kappa shape index (κ3) is 4.27. The van der Waals surface area contributed by atoms with E-state index in [1.54, 1.807) is 0 Å². The van der Waals surface area contributed by atoms with E-state index >= 15 is 0 Å². The molecule has 0 radical (unpaired) electrons. The van der Waals surface area contributed by atoms with Crippen LogP contribution in [0.1, 0.15) is 18.1 Å². The van der Waals surface area contributed by atoms with Gasteiger partial charge in [0, 0.05) is 5.71 Å². The highest BCUT2D eigenvalue weighted by Crippen LogP contribution is 2.22. The number of hydrogen-bond donors (Lipinski definition) is 0. The highest BCUT2D eigenvalue weighted by molar-refractivity contribution is 5.99. The lowest BCUT2D eigenvalue weighted by Gasteiger charge is -2.07. The number of nitrogens with zero attached hydrogens (tertiary/aromatic N) is 1. The van der Waals surface area contributed by atoms with E-state index in [-0.39, 0.29) is 0 Å². The zero-order valence-corrected chi connectivity index (χ0v) is 16.0. The molecule has 28 heavy (non-hydrogen) atoms. The van der Waals surface area contributed by atoms with Crippen LogP contribution < -0.4 is 0 Å². The fourth-order valence-electron chi connectivity index (χ4n) is 3.34. The SMILES string of the molecule is C/C(=N\Cc1cccc(-c2ccccc2)c1)c1cccc(-c2ccccc2)c1. The molecule has 0 heterocycles. The fraction of sp³-hybridized carbons (Fsp3) is 0.0741. The normalized spacial score (nSPS) is 11.4. The molecule has 1 nitrogen and oxygen atoms in total. The molecular weight excluding hydrogens is 338 g/mol. The van der Waals surface area contributed by atoms with E-state index in [0.717, 1.165) is 5.71 Å². The van der Waals surface area contributed by atoms with E-state index in [1.807, 2.05) is 12.1 Å². The van der Waals surface area contributed by atoms with Gasteiger partial charge in [-0.1, -0.05) is 97.1 Å². The van der Waals surface area contributed by atoms with Gasteiger partial charge in [0.15, 0.2) is 0 Å². The first kappa shape index (κ1) is 17.9. The van der Waals surface area contributed by atoms with E-state index < -0.39 is 0 Å². The Morgan fingerprint density at radius 1 is 0.571 bits per heavy atom. The van der Waals surface area contributed by atoms with E-state index in [4.69, 9.17) is 4.99 Å². The van der Waals surface area contributed by atoms with Crippen molar-refractivity contribution in [2.45, 2.75) is 13.5 Å². The standard InChI is InChI=1S/C27H23N/c1-21(25-15-9-17-27(19-25)24-13-6-3-7-14-24)28-20-22-10-8-16-26(18-22)23-11-4-2-5-12-23/h2-19H,20H2,1H3/b28-21+. The van der Waals surface area contributed by atoms with Crippen LogP contribution in [-0.4, -0.2) is 5.71 Å². The third-order valence-corrected chi connectivity index (χ3v) is 4.92. The summed E-state index contributed by atoms with van der Waals surface area (Å²) in [6.07, 6.45) is 0. The molecule has 0 aliphatic rings. The van der Waals surface area contributed by atoms with E-state index in [9.17, 15) is 0 Å². The van der Waals surface area contributed by atoms with Crippen LogP contribution in [0.5, 0.6) is 0 Å². The Kier molecular flexibility index (Phi) is 5.44. The minimum atomic E-state index is 0.683. The summed E-state index contributed by atoms with van der Waals surface area (Å²) in [5.74, 6) is 0. The van der Waals surface area contributed by atoms with Crippen molar-refractivity contribution in [1.82, 2.24) is 0 Å². The Hall–Kier alpha value is -3.45. The van der Waals surface area contributed by atoms with E-state index in [1.165, 1.54) is 33.4 Å². The van der Waals surface area contributed by atoms with Crippen LogP contribution in [0, 0.1) is 0 Å². The van der Waals surface area contributed by atoms with Gasteiger partial charge in [0.2, 0.25) is 0 Å². The van der Waals surface area contributed by atoms with Crippen LogP contribution in [0.3, 0.4) is 0 Å². The quantitative estimate of drug-likeness (QED) is 0.338. The van der Waals surface area contributed by atoms with Crippen molar-refractivity contribution < 1.29 is 0 Å². The summed E-state index contributed by atoms with van der Waals surface area (Å²) in [5, 5.41) is 0. The average molecular weight is 361 g/mol. The maximum Gasteiger partial charge on any atom is 0.0643 e. The average Bonchev–Trinajstić information content (AvgIpc) is 2.79. The Balaban J connectivity index is 1.54. The number of aliphatic imine (C=N–C) groups is 1. The van der Waals surface area contributed by atoms with Gasteiger partial charge in [-0.25, -0.2) is 0 Å². The van der Waals surface area contributed by atoms with Crippen LogP contribution in [-0.2, 0) is 6.54 Å². The second-order valence-corrected chi connectivity index (χ2v) is 6.91. The molecule has 0 aliphatic heterocycles. The largest absolute Gasteiger partial charge is 0.285 e. The van der Waals surface area contributed by atoms with Crippen LogP contribution >= 0.6 is 0 Å². The zero-order chi connectivity index (χ0) is 19.2. The Morgan fingerprint density at radius 2 is 1.11 bits per heavy atom. The summed E-state index contributed by atoms with van der Waals surface area (Å²) in [5.41, 5.74) is 8.37. The highest BCUT2D eigenvalue weighted by Gasteiger charge is 2.03. The maximum absolute atomic E-state index is 4.85. The van der Waals surface area contributed by atoms with Gasteiger partial charge in [0.1, 0.15) is 0 Å². The van der Waals surface area contributed by atoms with Crippen LogP contribution in [0.25, 0.3) is 22.3 Å². The van der Waals surface area contributed by atoms with Gasteiger partial charge < -0.3 is 0 Å². The monoisotopic (exact) mass is 361 g/mol. The van der Waals surface area contributed by atoms with Crippen LogP contribution in [0.2, 0.25) is 0 Å². The molecule has 0 atom stereocenters. The summed E-state index contributed by atoms with van der Waals surface area (Å²) in [6, 6.07) is 38.2. The molecule has 0 fully saturated rings. The highest BCUT2D eigenvalue weighted by atomic mass is 14.7. The Morgan fingerprint density at radius 3 is 1.75 bits per heavy atom. The predicted octanol–water partition coefficient (Wildman–Crippen LogP) is 7.03. The second-order valence-electron chi connectivity index (χ2n) is 6.91. The summed E-state index contributed by atoms with van der Waals surface area (Å²) in [6.45, 7) is 2.77. The Labute approximate surface area is 167 Å². The van der Waals surface area contributed by atoms with Gasteiger partial charge in [-0.15, -0.1) is 0 Å². The van der Waals surface area contributed by atoms with Crippen molar-refractivity contribution in [2.24, 2.45) is 4.99 Å². The summed E-state index contributed by atoms with van der Waals surface area (Å²) >= 11 is 0. The molecular formula is C27H23N. The summed E-state index contributed by atoms with van der Waals surface area (Å²) in [4.78, 5) is 4.85. The van der Waals surface area contributed by atoms with E-state index in [0.29, 0.717) is 6.54 Å². The van der Waals surface area contributed by atoms with Crippen molar-refractivity contribution in [3.8, 4) is 22.3 Å². The maximum atomic E-state index is 4.85. The minimum absolute atomic E-state index is 0.683. The van der Waals surface area contributed by atoms with Gasteiger partial charge in [0.25, 0.3) is 0 Å². The first-order valence-corrected chi connectivity index (χ1v) is 9.61. The van der Waals surface area contributed by atoms with Crippen molar-refractivity contribution in [1.29, 1.82) is 0 Å². The number of rotatable bonds is 5. The van der Waals surface area contributed by atoms with Gasteiger partial charge in [-0.3, -0.25) is 4.99 Å². The molecule has 1 heteroatoms. The molecule has 0 unspecified atom stereocenters. The first-order chi connectivity index (χ1) is 13.8. The van der Waals surface area contributed by atoms with Gasteiger partial charge in [-0.05, 0) is 52.4 Å². The van der Waals surface area contributed by atoms with Crippen molar-refractivity contribution in [2.75, 3.05) is 0 Å². The lowest BCUT2D eigenvalue weighted by Crippen LogP contribution is -1.96. The Bertz CT molecular complexity index is 1080. The molecule has 4 aromatic carbocycles. The van der Waals surface area contributed by atoms with E-state index in [2.05, 4.69) is 104 Å². The van der Waals surface area contributed by atoms with Crippen molar-refractivity contribution >= 4 is 5.71 Å². The third-order valence-electron chi connectivity index (χ3n) is 4.92. The lowest BCUT2D eigenvalue weighted by molar-refractivity contribution is 1.07.